The molecule has 0 bridgehead atoms. The molecule has 3 nitrogen and oxygen atoms in total. The normalized spacial score (nSPS) is 25.3. The molecule has 1 heterocycles. The van der Waals surface area contributed by atoms with Gasteiger partial charge in [0, 0.05) is 5.25 Å². The van der Waals surface area contributed by atoms with Crippen LogP contribution in [0.5, 0.6) is 0 Å². The van der Waals surface area contributed by atoms with Gasteiger partial charge in [-0.25, -0.2) is 0 Å². The van der Waals surface area contributed by atoms with Crippen LogP contribution in [0.3, 0.4) is 0 Å². The molecule has 1 aliphatic rings. The molecule has 1 unspecified atom stereocenters. The number of hydrogen-bond acceptors (Lipinski definition) is 4. The molecule has 0 spiro atoms. The highest BCUT2D eigenvalue weighted by atomic mass is 32.2. The smallest absolute Gasteiger partial charge is 0.116 e. The van der Waals surface area contributed by atoms with Gasteiger partial charge in [0.1, 0.15) is 5.76 Å². The van der Waals surface area contributed by atoms with Crippen molar-refractivity contribution in [3.8, 4) is 0 Å². The van der Waals surface area contributed by atoms with E-state index in [2.05, 4.69) is 13.2 Å². The van der Waals surface area contributed by atoms with Crippen LogP contribution in [-0.2, 0) is 4.74 Å². The summed E-state index contributed by atoms with van der Waals surface area (Å²) in [6.07, 6.45) is 4.07. The number of nitrogens with zero attached hydrogens (tertiary/aromatic N) is 1. The quantitative estimate of drug-likeness (QED) is 0.825. The number of hydroxylamine groups is 2. The van der Waals surface area contributed by atoms with Crippen LogP contribution >= 0.6 is 11.8 Å². The zero-order chi connectivity index (χ0) is 12.6. The minimum absolute atomic E-state index is 0.360. The van der Waals surface area contributed by atoms with Crippen LogP contribution < -0.4 is 0 Å². The number of ether oxygens (including phenoxy) is 1. The van der Waals surface area contributed by atoms with Gasteiger partial charge in [-0.05, 0) is 40.0 Å². The van der Waals surface area contributed by atoms with Gasteiger partial charge in [-0.15, -0.1) is 0 Å². The van der Waals surface area contributed by atoms with Crippen molar-refractivity contribution in [2.75, 3.05) is 12.9 Å². The van der Waals surface area contributed by atoms with E-state index in [-0.39, 0.29) is 5.54 Å². The van der Waals surface area contributed by atoms with Gasteiger partial charge in [-0.2, -0.15) is 16.8 Å². The lowest BCUT2D eigenvalue weighted by Crippen LogP contribution is -2.48. The molecule has 0 radical (unpaired) electrons. The summed E-state index contributed by atoms with van der Waals surface area (Å²) >= 11 is 1.78. The number of hydrogen-bond donors (Lipinski definition) is 1. The highest BCUT2D eigenvalue weighted by molar-refractivity contribution is 7.99. The van der Waals surface area contributed by atoms with Crippen molar-refractivity contribution in [3.63, 3.8) is 0 Å². The highest BCUT2D eigenvalue weighted by Crippen LogP contribution is 2.38. The first kappa shape index (κ1) is 13.9. The van der Waals surface area contributed by atoms with Crippen molar-refractivity contribution < 1.29 is 9.94 Å². The van der Waals surface area contributed by atoms with Crippen molar-refractivity contribution in [2.24, 2.45) is 0 Å². The van der Waals surface area contributed by atoms with E-state index in [1.165, 1.54) is 5.06 Å². The van der Waals surface area contributed by atoms with Gasteiger partial charge in [0.2, 0.25) is 0 Å². The predicted octanol–water partition coefficient (Wildman–Crippen LogP) is 2.90. The average Bonchev–Trinajstić information content (AvgIpc) is 2.35. The first-order valence-corrected chi connectivity index (χ1v) is 6.88. The third kappa shape index (κ3) is 2.55. The van der Waals surface area contributed by atoms with E-state index in [4.69, 9.17) is 4.74 Å². The lowest BCUT2D eigenvalue weighted by Gasteiger charge is -2.35. The van der Waals surface area contributed by atoms with Gasteiger partial charge < -0.3 is 9.94 Å². The fourth-order valence-electron chi connectivity index (χ4n) is 1.88. The second kappa shape index (κ2) is 4.59. The van der Waals surface area contributed by atoms with Gasteiger partial charge in [0.15, 0.2) is 0 Å². The van der Waals surface area contributed by atoms with Crippen molar-refractivity contribution in [1.82, 2.24) is 5.06 Å². The fraction of sp³-hybridized carbons (Fsp3) is 0.833. The second-order valence-corrected chi connectivity index (χ2v) is 6.67. The zero-order valence-corrected chi connectivity index (χ0v) is 11.9. The van der Waals surface area contributed by atoms with Gasteiger partial charge in [0.25, 0.3) is 0 Å². The highest BCUT2D eigenvalue weighted by Gasteiger charge is 2.46. The van der Waals surface area contributed by atoms with Crippen molar-refractivity contribution in [1.29, 1.82) is 0 Å². The maximum Gasteiger partial charge on any atom is 0.116 e. The predicted molar refractivity (Wildman–Crippen MR) is 68.8 cm³/mol. The molecule has 1 N–H and O–H groups in total. The maximum absolute atomic E-state index is 10.1. The van der Waals surface area contributed by atoms with E-state index in [9.17, 15) is 5.21 Å². The molecule has 0 aromatic rings. The van der Waals surface area contributed by atoms with Gasteiger partial charge in [-0.3, -0.25) is 0 Å². The van der Waals surface area contributed by atoms with Crippen LogP contribution in [0.1, 0.15) is 34.6 Å². The van der Waals surface area contributed by atoms with Crippen molar-refractivity contribution >= 4 is 11.8 Å². The van der Waals surface area contributed by atoms with Crippen LogP contribution in [0.15, 0.2) is 11.8 Å². The molecule has 16 heavy (non-hydrogen) atoms. The summed E-state index contributed by atoms with van der Waals surface area (Å²) in [5, 5.41) is 11.9. The maximum atomic E-state index is 10.1. The molecular weight excluding hydrogens is 222 g/mol. The molecule has 0 saturated heterocycles. The van der Waals surface area contributed by atoms with E-state index in [0.29, 0.717) is 11.9 Å². The topological polar surface area (TPSA) is 32.7 Å². The monoisotopic (exact) mass is 245 g/mol. The molecule has 0 aromatic carbocycles. The third-order valence-corrected chi connectivity index (χ3v) is 3.98. The first-order valence-electron chi connectivity index (χ1n) is 5.60. The SMILES string of the molecule is CSC(C)COC1=CC(C)(C)N(O)C1(C)C. The Hall–Kier alpha value is -0.190. The van der Waals surface area contributed by atoms with Gasteiger partial charge in [-0.1, -0.05) is 6.92 Å². The molecule has 1 atom stereocenters. The van der Waals surface area contributed by atoms with E-state index in [1.54, 1.807) is 11.8 Å². The number of rotatable bonds is 4. The second-order valence-electron chi connectivity index (χ2n) is 5.39. The zero-order valence-electron chi connectivity index (χ0n) is 11.1. The Balaban J connectivity index is 2.73. The van der Waals surface area contributed by atoms with Crippen LogP contribution in [0.4, 0.5) is 0 Å². The first-order chi connectivity index (χ1) is 7.21. The van der Waals surface area contributed by atoms with Crippen LogP contribution in [0.25, 0.3) is 0 Å². The minimum atomic E-state index is -0.443. The Labute approximate surface area is 103 Å². The molecule has 0 aromatic heterocycles. The Morgan fingerprint density at radius 3 is 2.38 bits per heavy atom. The summed E-state index contributed by atoms with van der Waals surface area (Å²) in [6.45, 7) is 10.7. The lowest BCUT2D eigenvalue weighted by molar-refractivity contribution is -0.191. The Bertz CT molecular complexity index is 287. The summed E-state index contributed by atoms with van der Waals surface area (Å²) in [5.74, 6) is 0.862. The summed E-state index contributed by atoms with van der Waals surface area (Å²) in [6, 6.07) is 0. The molecule has 0 aliphatic carbocycles. The standard InChI is InChI=1S/C12H23NO2S/c1-9(16-6)8-15-10-7-11(2,3)13(14)12(10,4)5/h7,9,14H,8H2,1-6H3. The van der Waals surface area contributed by atoms with Gasteiger partial charge in [0.05, 0.1) is 17.7 Å². The van der Waals surface area contributed by atoms with E-state index in [0.717, 1.165) is 5.76 Å². The Kier molecular flexibility index (Phi) is 3.98. The Morgan fingerprint density at radius 2 is 2.00 bits per heavy atom. The average molecular weight is 245 g/mol. The fourth-order valence-corrected chi connectivity index (χ4v) is 2.08. The molecule has 4 heteroatoms. The Morgan fingerprint density at radius 1 is 1.44 bits per heavy atom. The van der Waals surface area contributed by atoms with Crippen LogP contribution in [0.2, 0.25) is 0 Å². The molecule has 0 amide bonds. The van der Waals surface area contributed by atoms with Crippen molar-refractivity contribution in [3.05, 3.63) is 11.8 Å². The lowest BCUT2D eigenvalue weighted by atomic mass is 10.1. The van der Waals surface area contributed by atoms with Gasteiger partial charge >= 0.3 is 0 Å². The summed E-state index contributed by atoms with van der Waals surface area (Å²) in [5.41, 5.74) is -0.803. The van der Waals surface area contributed by atoms with Crippen LogP contribution in [0, 0.1) is 0 Å². The molecule has 1 aliphatic heterocycles. The molecule has 1 rings (SSSR count). The molecule has 0 saturated carbocycles. The largest absolute Gasteiger partial charge is 0.495 e. The third-order valence-electron chi connectivity index (χ3n) is 3.04. The number of thioether (sulfide) groups is 1. The molecule has 0 fully saturated rings. The summed E-state index contributed by atoms with van der Waals surface area (Å²) in [4.78, 5) is 0. The summed E-state index contributed by atoms with van der Waals surface area (Å²) < 4.78 is 5.82. The summed E-state index contributed by atoms with van der Waals surface area (Å²) in [7, 11) is 0. The van der Waals surface area contributed by atoms with E-state index in [1.807, 2.05) is 33.8 Å². The molecule has 94 valence electrons. The van der Waals surface area contributed by atoms with Crippen LogP contribution in [-0.4, -0.2) is 39.5 Å². The van der Waals surface area contributed by atoms with E-state index >= 15 is 0 Å². The van der Waals surface area contributed by atoms with E-state index < -0.39 is 5.54 Å². The minimum Gasteiger partial charge on any atom is -0.495 e. The molecular formula is C12H23NO2S. The van der Waals surface area contributed by atoms with Crippen molar-refractivity contribution in [2.45, 2.75) is 50.9 Å².